The average Bonchev–Trinajstić information content (AvgIpc) is 3.44. The summed E-state index contributed by atoms with van der Waals surface area (Å²) in [6.07, 6.45) is 0. The van der Waals surface area contributed by atoms with E-state index < -0.39 is 0 Å². The maximum atomic E-state index is 2.36. The van der Waals surface area contributed by atoms with Crippen molar-refractivity contribution in [1.82, 2.24) is 0 Å². The molecule has 0 unspecified atom stereocenters. The third-order valence-electron chi connectivity index (χ3n) is 5.23. The molecule has 1 aliphatic rings. The van der Waals surface area contributed by atoms with E-state index in [0.29, 0.717) is 0 Å². The van der Waals surface area contributed by atoms with Gasteiger partial charge in [0.1, 0.15) is 0 Å². The molecule has 26 heavy (non-hydrogen) atoms. The van der Waals surface area contributed by atoms with E-state index >= 15 is 0 Å². The summed E-state index contributed by atoms with van der Waals surface area (Å²) in [7, 11) is 0. The second-order valence-electron chi connectivity index (χ2n) is 6.60. The van der Waals surface area contributed by atoms with Gasteiger partial charge in [-0.2, -0.15) is 0 Å². The molecule has 0 amide bonds. The van der Waals surface area contributed by atoms with Crippen molar-refractivity contribution in [2.75, 3.05) is 0 Å². The predicted octanol–water partition coefficient (Wildman–Crippen LogP) is 7.94. The summed E-state index contributed by atoms with van der Waals surface area (Å²) in [5, 5.41) is 7.06. The Bertz CT molecular complexity index is 1260. The molecular formula is C24H14S2. The Kier molecular flexibility index (Phi) is 3.01. The molecule has 0 radical (unpaired) electrons. The van der Waals surface area contributed by atoms with Crippen molar-refractivity contribution in [2.45, 2.75) is 0 Å². The lowest BCUT2D eigenvalue weighted by Gasteiger charge is -2.07. The minimum Gasteiger partial charge on any atom is -0.144 e. The van der Waals surface area contributed by atoms with Crippen LogP contribution < -0.4 is 0 Å². The zero-order chi connectivity index (χ0) is 17.1. The Morgan fingerprint density at radius 2 is 1.23 bits per heavy atom. The van der Waals surface area contributed by atoms with E-state index in [0.717, 1.165) is 0 Å². The van der Waals surface area contributed by atoms with Gasteiger partial charge in [0, 0.05) is 9.75 Å². The van der Waals surface area contributed by atoms with Gasteiger partial charge in [-0.1, -0.05) is 54.6 Å². The fourth-order valence-corrected chi connectivity index (χ4v) is 5.59. The highest BCUT2D eigenvalue weighted by atomic mass is 32.1. The summed E-state index contributed by atoms with van der Waals surface area (Å²) >= 11 is 3.61. The Balaban J connectivity index is 1.65. The molecule has 0 saturated carbocycles. The van der Waals surface area contributed by atoms with Crippen molar-refractivity contribution < 1.29 is 0 Å². The number of thiophene rings is 2. The van der Waals surface area contributed by atoms with Crippen molar-refractivity contribution >= 4 is 33.4 Å². The molecular weight excluding hydrogens is 352 g/mol. The standard InChI is InChI=1S/C24H14S2/c1-4-18-17(23-7-3-13-26-23)10-11-20-16-9-8-15(22-6-2-12-25-22)14-21(16)19(5-1)24(18)20/h1-14H. The first-order valence-electron chi connectivity index (χ1n) is 8.68. The number of rotatable bonds is 2. The van der Waals surface area contributed by atoms with Crippen molar-refractivity contribution in [1.29, 1.82) is 0 Å². The number of hydrogen-bond donors (Lipinski definition) is 0. The highest BCUT2D eigenvalue weighted by molar-refractivity contribution is 7.13. The van der Waals surface area contributed by atoms with E-state index in [-0.39, 0.29) is 0 Å². The SMILES string of the molecule is c1csc(-c2ccc3c(c2)-c2cccc4c(-c5cccs5)ccc-3c24)c1. The normalized spacial score (nSPS) is 11.8. The molecule has 0 spiro atoms. The number of hydrogen-bond acceptors (Lipinski definition) is 2. The lowest BCUT2D eigenvalue weighted by molar-refractivity contribution is 1.68. The molecule has 1 aliphatic carbocycles. The Labute approximate surface area is 160 Å². The van der Waals surface area contributed by atoms with Gasteiger partial charge >= 0.3 is 0 Å². The molecule has 6 rings (SSSR count). The van der Waals surface area contributed by atoms with Gasteiger partial charge in [-0.25, -0.2) is 0 Å². The van der Waals surface area contributed by atoms with Crippen molar-refractivity contribution in [2.24, 2.45) is 0 Å². The molecule has 2 heteroatoms. The van der Waals surface area contributed by atoms with Crippen molar-refractivity contribution in [3.05, 3.63) is 83.6 Å². The van der Waals surface area contributed by atoms with E-state index in [1.807, 2.05) is 11.3 Å². The topological polar surface area (TPSA) is 0 Å². The third kappa shape index (κ3) is 1.94. The predicted molar refractivity (Wildman–Crippen MR) is 115 cm³/mol. The molecule has 3 aromatic carbocycles. The molecule has 0 aliphatic heterocycles. The highest BCUT2D eigenvalue weighted by Crippen LogP contribution is 2.50. The summed E-state index contributed by atoms with van der Waals surface area (Å²) in [4.78, 5) is 2.67. The monoisotopic (exact) mass is 366 g/mol. The maximum Gasteiger partial charge on any atom is 0.0348 e. The van der Waals surface area contributed by atoms with Gasteiger partial charge in [-0.05, 0) is 73.1 Å². The zero-order valence-electron chi connectivity index (χ0n) is 13.9. The molecule has 0 nitrogen and oxygen atoms in total. The van der Waals surface area contributed by atoms with Crippen LogP contribution >= 0.6 is 22.7 Å². The van der Waals surface area contributed by atoms with Crippen molar-refractivity contribution in [3.8, 4) is 43.1 Å². The van der Waals surface area contributed by atoms with Gasteiger partial charge in [-0.3, -0.25) is 0 Å². The lowest BCUT2D eigenvalue weighted by Crippen LogP contribution is -1.80. The van der Waals surface area contributed by atoms with E-state index in [4.69, 9.17) is 0 Å². The third-order valence-corrected chi connectivity index (χ3v) is 7.05. The Morgan fingerprint density at radius 3 is 2.04 bits per heavy atom. The van der Waals surface area contributed by atoms with Crippen LogP contribution in [0.1, 0.15) is 0 Å². The first-order valence-corrected chi connectivity index (χ1v) is 10.4. The van der Waals surface area contributed by atoms with E-state index in [9.17, 15) is 0 Å². The van der Waals surface area contributed by atoms with Gasteiger partial charge in [0.05, 0.1) is 0 Å². The summed E-state index contributed by atoms with van der Waals surface area (Å²) in [5.41, 5.74) is 8.09. The summed E-state index contributed by atoms with van der Waals surface area (Å²) in [6, 6.07) is 26.9. The molecule has 122 valence electrons. The fraction of sp³-hybridized carbons (Fsp3) is 0. The highest BCUT2D eigenvalue weighted by Gasteiger charge is 2.23. The van der Waals surface area contributed by atoms with Crippen LogP contribution in [0.2, 0.25) is 0 Å². The summed E-state index contributed by atoms with van der Waals surface area (Å²) < 4.78 is 0. The second kappa shape index (κ2) is 5.41. The molecule has 2 aromatic heterocycles. The zero-order valence-corrected chi connectivity index (χ0v) is 15.5. The number of fused-ring (bicyclic) bond motifs is 3. The molecule has 0 N–H and O–H groups in total. The number of benzene rings is 3. The second-order valence-corrected chi connectivity index (χ2v) is 8.50. The fourth-order valence-electron chi connectivity index (χ4n) is 4.10. The van der Waals surface area contributed by atoms with Crippen LogP contribution in [0, 0.1) is 0 Å². The molecule has 5 aromatic rings. The Morgan fingerprint density at radius 1 is 0.500 bits per heavy atom. The van der Waals surface area contributed by atoms with Crippen LogP contribution in [0.25, 0.3) is 53.9 Å². The van der Waals surface area contributed by atoms with Crippen LogP contribution in [-0.4, -0.2) is 0 Å². The maximum absolute atomic E-state index is 2.36. The van der Waals surface area contributed by atoms with Crippen LogP contribution in [0.4, 0.5) is 0 Å². The quantitative estimate of drug-likeness (QED) is 0.292. The first kappa shape index (κ1) is 14.5. The van der Waals surface area contributed by atoms with Gasteiger partial charge < -0.3 is 0 Å². The molecule has 2 heterocycles. The smallest absolute Gasteiger partial charge is 0.0348 e. The minimum absolute atomic E-state index is 1.31. The van der Waals surface area contributed by atoms with Gasteiger partial charge in [0.15, 0.2) is 0 Å². The molecule has 0 fully saturated rings. The largest absolute Gasteiger partial charge is 0.144 e. The van der Waals surface area contributed by atoms with Crippen LogP contribution in [0.15, 0.2) is 83.6 Å². The van der Waals surface area contributed by atoms with Gasteiger partial charge in [0.25, 0.3) is 0 Å². The average molecular weight is 367 g/mol. The van der Waals surface area contributed by atoms with E-state index in [2.05, 4.69) is 83.6 Å². The van der Waals surface area contributed by atoms with Gasteiger partial charge in [-0.15, -0.1) is 22.7 Å². The van der Waals surface area contributed by atoms with Crippen LogP contribution in [0.3, 0.4) is 0 Å². The lowest BCUT2D eigenvalue weighted by atomic mass is 9.98. The van der Waals surface area contributed by atoms with E-state index in [1.165, 1.54) is 53.9 Å². The Hall–Kier alpha value is -2.68. The molecule has 0 bridgehead atoms. The van der Waals surface area contributed by atoms with Gasteiger partial charge in [0.2, 0.25) is 0 Å². The van der Waals surface area contributed by atoms with E-state index in [1.54, 1.807) is 11.3 Å². The molecule has 0 saturated heterocycles. The molecule has 0 atom stereocenters. The summed E-state index contributed by atoms with van der Waals surface area (Å²) in [6.45, 7) is 0. The first-order chi connectivity index (χ1) is 12.9. The van der Waals surface area contributed by atoms with Crippen LogP contribution in [0.5, 0.6) is 0 Å². The van der Waals surface area contributed by atoms with Crippen LogP contribution in [-0.2, 0) is 0 Å². The van der Waals surface area contributed by atoms with Crippen molar-refractivity contribution in [3.63, 3.8) is 0 Å². The summed E-state index contributed by atoms with van der Waals surface area (Å²) in [5.74, 6) is 0. The minimum atomic E-state index is 1.31.